The number of nitrogens with one attached hydrogen (secondary N) is 2. The van der Waals surface area contributed by atoms with Gasteiger partial charge in [-0.25, -0.2) is 9.78 Å². The van der Waals surface area contributed by atoms with Crippen LogP contribution in [0, 0.1) is 10.8 Å². The highest BCUT2D eigenvalue weighted by Crippen LogP contribution is 2.42. The van der Waals surface area contributed by atoms with Crippen LogP contribution < -0.4 is 15.5 Å². The Hall–Kier alpha value is -2.23. The highest BCUT2D eigenvalue weighted by molar-refractivity contribution is 7.20. The number of anilines is 2. The zero-order valence-corrected chi connectivity index (χ0v) is 24.6. The molecule has 1 aliphatic rings. The van der Waals surface area contributed by atoms with E-state index in [1.165, 1.54) is 0 Å². The number of benzene rings is 1. The van der Waals surface area contributed by atoms with Gasteiger partial charge < -0.3 is 20.6 Å². The molecular formula is C26H36Cl2N6O2S. The van der Waals surface area contributed by atoms with Crippen LogP contribution in [0.1, 0.15) is 60.8 Å². The third-order valence-corrected chi connectivity index (χ3v) is 8.52. The monoisotopic (exact) mass is 566 g/mol. The highest BCUT2D eigenvalue weighted by Gasteiger charge is 2.33. The maximum Gasteiger partial charge on any atom is 0.404 e. The molecule has 3 N–H and O–H groups in total. The summed E-state index contributed by atoms with van der Waals surface area (Å²) in [6.07, 6.45) is 1.71. The summed E-state index contributed by atoms with van der Waals surface area (Å²) in [5.74, 6) is 0.795. The molecule has 1 aliphatic heterocycles. The van der Waals surface area contributed by atoms with Crippen LogP contribution in [-0.4, -0.2) is 51.0 Å². The van der Waals surface area contributed by atoms with Crippen LogP contribution in [0.4, 0.5) is 15.7 Å². The topological polar surface area (TPSA) is 94.8 Å². The average molecular weight is 568 g/mol. The predicted octanol–water partition coefficient (Wildman–Crippen LogP) is 7.27. The van der Waals surface area contributed by atoms with Crippen LogP contribution in [0.2, 0.25) is 10.0 Å². The van der Waals surface area contributed by atoms with Crippen LogP contribution in [-0.2, 0) is 0 Å². The van der Waals surface area contributed by atoms with Crippen molar-refractivity contribution in [3.8, 4) is 11.3 Å². The molecule has 0 unspecified atom stereocenters. The third-order valence-electron chi connectivity index (χ3n) is 6.74. The van der Waals surface area contributed by atoms with Gasteiger partial charge in [-0.3, -0.25) is 0 Å². The van der Waals surface area contributed by atoms with Gasteiger partial charge in [0.2, 0.25) is 10.1 Å². The summed E-state index contributed by atoms with van der Waals surface area (Å²) in [7, 11) is 0. The lowest BCUT2D eigenvalue weighted by atomic mass is 9.80. The van der Waals surface area contributed by atoms with Crippen LogP contribution in [0.15, 0.2) is 18.2 Å². The van der Waals surface area contributed by atoms with Crippen LogP contribution in [0.5, 0.6) is 0 Å². The fraction of sp³-hybridized carbons (Fsp3) is 0.577. The summed E-state index contributed by atoms with van der Waals surface area (Å²) < 4.78 is 1.89. The largest absolute Gasteiger partial charge is 0.465 e. The van der Waals surface area contributed by atoms with E-state index in [1.54, 1.807) is 17.4 Å². The first kappa shape index (κ1) is 27.8. The molecule has 11 heteroatoms. The van der Waals surface area contributed by atoms with E-state index >= 15 is 0 Å². The second kappa shape index (κ2) is 10.2. The molecule has 202 valence electrons. The summed E-state index contributed by atoms with van der Waals surface area (Å²) in [6.45, 7) is 15.3. The molecule has 0 atom stereocenters. The standard InChI is InChI=1S/C26H36Cl2N6O2S/c1-24(2,3)14-25(4,5)31-20-19(16-8-7-9-17(27)18(16)28)30-21-34(20)32-22(37-21)33-12-10-26(6,11-13-33)15-29-23(35)36/h7-9,29,31H,10-15H2,1-6H3,(H,35,36). The Morgan fingerprint density at radius 3 is 2.49 bits per heavy atom. The number of nitrogens with zero attached hydrogens (tertiary/aromatic N) is 4. The van der Waals surface area contributed by atoms with Crippen molar-refractivity contribution < 1.29 is 9.90 Å². The van der Waals surface area contributed by atoms with Crippen molar-refractivity contribution in [2.45, 2.75) is 66.3 Å². The molecule has 8 nitrogen and oxygen atoms in total. The molecule has 1 amide bonds. The van der Waals surface area contributed by atoms with E-state index in [0.29, 0.717) is 16.6 Å². The molecule has 37 heavy (non-hydrogen) atoms. The number of carbonyl (C=O) groups is 1. The molecule has 3 aromatic rings. The van der Waals surface area contributed by atoms with Crippen molar-refractivity contribution >= 4 is 56.5 Å². The Morgan fingerprint density at radius 1 is 1.19 bits per heavy atom. The van der Waals surface area contributed by atoms with Crippen LogP contribution >= 0.6 is 34.5 Å². The van der Waals surface area contributed by atoms with E-state index in [9.17, 15) is 4.79 Å². The maximum atomic E-state index is 11.0. The molecule has 4 rings (SSSR count). The van der Waals surface area contributed by atoms with E-state index in [1.807, 2.05) is 16.6 Å². The Kier molecular flexibility index (Phi) is 7.63. The maximum absolute atomic E-state index is 11.0. The van der Waals surface area contributed by atoms with E-state index in [2.05, 4.69) is 57.1 Å². The lowest BCUT2D eigenvalue weighted by Crippen LogP contribution is -2.44. The van der Waals surface area contributed by atoms with Crippen molar-refractivity contribution in [1.29, 1.82) is 0 Å². The molecule has 0 bridgehead atoms. The number of rotatable bonds is 7. The number of halogens is 2. The van der Waals surface area contributed by atoms with Gasteiger partial charge in [0.1, 0.15) is 5.69 Å². The van der Waals surface area contributed by atoms with Gasteiger partial charge in [0, 0.05) is 30.7 Å². The summed E-state index contributed by atoms with van der Waals surface area (Å²) in [5.41, 5.74) is 1.32. The Balaban J connectivity index is 1.68. The van der Waals surface area contributed by atoms with Gasteiger partial charge in [0.25, 0.3) is 0 Å². The highest BCUT2D eigenvalue weighted by atomic mass is 35.5. The minimum Gasteiger partial charge on any atom is -0.465 e. The average Bonchev–Trinajstić information content (AvgIpc) is 3.32. The van der Waals surface area contributed by atoms with E-state index < -0.39 is 6.09 Å². The van der Waals surface area contributed by atoms with Crippen molar-refractivity contribution in [3.05, 3.63) is 28.2 Å². The molecule has 3 heterocycles. The van der Waals surface area contributed by atoms with E-state index in [4.69, 9.17) is 38.4 Å². The fourth-order valence-corrected chi connectivity index (χ4v) is 6.59. The Bertz CT molecular complexity index is 1290. The number of fused-ring (bicyclic) bond motifs is 1. The Labute approximate surface area is 232 Å². The second-order valence-electron chi connectivity index (χ2n) is 12.2. The first-order valence-corrected chi connectivity index (χ1v) is 14.1. The van der Waals surface area contributed by atoms with Crippen molar-refractivity contribution in [3.63, 3.8) is 0 Å². The van der Waals surface area contributed by atoms with Gasteiger partial charge in [-0.05, 0) is 50.0 Å². The van der Waals surface area contributed by atoms with Gasteiger partial charge >= 0.3 is 6.09 Å². The normalized spacial score (nSPS) is 16.3. The first-order valence-electron chi connectivity index (χ1n) is 12.5. The molecule has 1 aromatic carbocycles. The SMILES string of the molecule is CC(C)(C)CC(C)(C)Nc1c(-c2cccc(Cl)c2Cl)nc2sc(N3CCC(C)(CNC(=O)O)CC3)nn12. The summed E-state index contributed by atoms with van der Waals surface area (Å²) in [6, 6.07) is 5.58. The van der Waals surface area contributed by atoms with Gasteiger partial charge in [0.15, 0.2) is 5.82 Å². The third kappa shape index (κ3) is 6.44. The molecule has 1 fully saturated rings. The molecular weight excluding hydrogens is 531 g/mol. The quantitative estimate of drug-likeness (QED) is 0.278. The van der Waals surface area contributed by atoms with Crippen LogP contribution in [0.25, 0.3) is 16.2 Å². The summed E-state index contributed by atoms with van der Waals surface area (Å²) in [5, 5.41) is 22.1. The zero-order chi connectivity index (χ0) is 27.2. The molecule has 0 spiro atoms. The summed E-state index contributed by atoms with van der Waals surface area (Å²) >= 11 is 14.5. The lowest BCUT2D eigenvalue weighted by molar-refractivity contribution is 0.178. The van der Waals surface area contributed by atoms with Crippen molar-refractivity contribution in [2.75, 3.05) is 29.9 Å². The molecule has 1 saturated heterocycles. The minimum absolute atomic E-state index is 0.0630. The minimum atomic E-state index is -0.977. The number of amides is 1. The van der Waals surface area contributed by atoms with Gasteiger partial charge in [-0.15, -0.1) is 5.10 Å². The number of piperidine rings is 1. The molecule has 0 radical (unpaired) electrons. The smallest absolute Gasteiger partial charge is 0.404 e. The first-order chi connectivity index (χ1) is 17.2. The van der Waals surface area contributed by atoms with E-state index in [0.717, 1.165) is 59.5 Å². The fourth-order valence-electron chi connectivity index (χ4n) is 5.25. The van der Waals surface area contributed by atoms with Crippen molar-refractivity contribution in [1.82, 2.24) is 19.9 Å². The summed E-state index contributed by atoms with van der Waals surface area (Å²) in [4.78, 5) is 19.0. The van der Waals surface area contributed by atoms with Gasteiger partial charge in [-0.1, -0.05) is 74.4 Å². The van der Waals surface area contributed by atoms with Crippen molar-refractivity contribution in [2.24, 2.45) is 10.8 Å². The second-order valence-corrected chi connectivity index (χ2v) is 13.9. The van der Waals surface area contributed by atoms with Gasteiger partial charge in [0.05, 0.1) is 10.0 Å². The molecule has 0 saturated carbocycles. The number of aromatic nitrogens is 3. The zero-order valence-electron chi connectivity index (χ0n) is 22.3. The number of carboxylic acid groups (broad SMARTS) is 1. The number of hydrogen-bond donors (Lipinski definition) is 3. The number of imidazole rings is 1. The predicted molar refractivity (Wildman–Crippen MR) is 154 cm³/mol. The van der Waals surface area contributed by atoms with Crippen LogP contribution in [0.3, 0.4) is 0 Å². The molecule has 0 aliphatic carbocycles. The lowest BCUT2D eigenvalue weighted by Gasteiger charge is -2.39. The van der Waals surface area contributed by atoms with E-state index in [-0.39, 0.29) is 16.4 Å². The number of hydrogen-bond acceptors (Lipinski definition) is 6. The molecule has 2 aromatic heterocycles. The van der Waals surface area contributed by atoms with Gasteiger partial charge in [-0.2, -0.15) is 4.52 Å². The Morgan fingerprint density at radius 2 is 1.86 bits per heavy atom.